The van der Waals surface area contributed by atoms with Crippen molar-refractivity contribution in [3.05, 3.63) is 39.0 Å². The topological polar surface area (TPSA) is 78.3 Å². The smallest absolute Gasteiger partial charge is 0.329 e. The lowest BCUT2D eigenvalue weighted by atomic mass is 10.0. The van der Waals surface area contributed by atoms with Crippen molar-refractivity contribution in [2.24, 2.45) is 0 Å². The predicted octanol–water partition coefficient (Wildman–Crippen LogP) is 1.44. The van der Waals surface area contributed by atoms with Crippen molar-refractivity contribution in [1.82, 2.24) is 14.5 Å². The first-order valence-electron chi connectivity index (χ1n) is 7.69. The number of hydrogen-bond acceptors (Lipinski definition) is 4. The number of aromatic amines is 1. The van der Waals surface area contributed by atoms with E-state index < -0.39 is 0 Å². The number of hydrogen-bond donors (Lipinski definition) is 2. The second-order valence-electron chi connectivity index (χ2n) is 6.20. The molecule has 0 aliphatic carbocycles. The first-order chi connectivity index (χ1) is 10.5. The van der Waals surface area contributed by atoms with Gasteiger partial charge in [0.15, 0.2) is 0 Å². The molecule has 0 unspecified atom stereocenters. The number of phenolic OH excluding ortho intramolecular Hbond substituents is 1. The maximum atomic E-state index is 12.6. The molecule has 1 saturated heterocycles. The summed E-state index contributed by atoms with van der Waals surface area (Å²) in [5.74, 6) is 0.0258. The summed E-state index contributed by atoms with van der Waals surface area (Å²) in [6.45, 7) is 6.06. The van der Waals surface area contributed by atoms with Crippen LogP contribution in [0, 0.1) is 0 Å². The Labute approximate surface area is 128 Å². The molecule has 0 saturated carbocycles. The summed E-state index contributed by atoms with van der Waals surface area (Å²) < 4.78 is 1.32. The fourth-order valence-electron chi connectivity index (χ4n) is 3.21. The van der Waals surface area contributed by atoms with E-state index in [1.54, 1.807) is 6.07 Å². The van der Waals surface area contributed by atoms with Crippen LogP contribution in [-0.2, 0) is 0 Å². The van der Waals surface area contributed by atoms with Gasteiger partial charge in [-0.1, -0.05) is 0 Å². The van der Waals surface area contributed by atoms with E-state index in [-0.39, 0.29) is 23.0 Å². The highest BCUT2D eigenvalue weighted by Gasteiger charge is 2.24. The normalized spacial score (nSPS) is 17.4. The molecule has 1 aromatic carbocycles. The summed E-state index contributed by atoms with van der Waals surface area (Å²) in [5.41, 5.74) is -0.229. The average molecular weight is 303 g/mol. The number of aromatic hydroxyl groups is 1. The minimum atomic E-state index is -0.369. The third-order valence-electron chi connectivity index (χ3n) is 4.51. The Morgan fingerprint density at radius 2 is 1.91 bits per heavy atom. The Morgan fingerprint density at radius 3 is 2.55 bits per heavy atom. The molecule has 6 heteroatoms. The number of piperidine rings is 1. The summed E-state index contributed by atoms with van der Waals surface area (Å²) in [4.78, 5) is 30.0. The lowest BCUT2D eigenvalue weighted by Crippen LogP contribution is -2.45. The highest BCUT2D eigenvalue weighted by atomic mass is 16.3. The first kappa shape index (κ1) is 14.8. The molecule has 3 rings (SSSR count). The molecule has 2 N–H and O–H groups in total. The van der Waals surface area contributed by atoms with Crippen molar-refractivity contribution in [3.8, 4) is 5.75 Å². The van der Waals surface area contributed by atoms with Crippen LogP contribution in [0.4, 0.5) is 0 Å². The van der Waals surface area contributed by atoms with Gasteiger partial charge in [0, 0.05) is 25.2 Å². The van der Waals surface area contributed by atoms with Gasteiger partial charge in [-0.3, -0.25) is 9.36 Å². The van der Waals surface area contributed by atoms with Crippen LogP contribution in [0.2, 0.25) is 0 Å². The Hall–Kier alpha value is -2.08. The Balaban J connectivity index is 2.01. The van der Waals surface area contributed by atoms with E-state index in [1.807, 2.05) is 0 Å². The lowest BCUT2D eigenvalue weighted by Gasteiger charge is -2.34. The monoisotopic (exact) mass is 303 g/mol. The van der Waals surface area contributed by atoms with E-state index in [4.69, 9.17) is 0 Å². The van der Waals surface area contributed by atoms with Gasteiger partial charge in [-0.15, -0.1) is 0 Å². The van der Waals surface area contributed by atoms with Crippen molar-refractivity contribution in [2.75, 3.05) is 13.1 Å². The fourth-order valence-corrected chi connectivity index (χ4v) is 3.21. The molecule has 1 aliphatic rings. The molecule has 0 amide bonds. The van der Waals surface area contributed by atoms with Crippen LogP contribution in [0.3, 0.4) is 0 Å². The van der Waals surface area contributed by atoms with Gasteiger partial charge in [0.2, 0.25) is 0 Å². The zero-order valence-corrected chi connectivity index (χ0v) is 12.9. The van der Waals surface area contributed by atoms with E-state index >= 15 is 0 Å². The summed E-state index contributed by atoms with van der Waals surface area (Å²) in [6, 6.07) is 4.82. The quantitative estimate of drug-likeness (QED) is 0.880. The van der Waals surface area contributed by atoms with E-state index in [0.717, 1.165) is 25.9 Å². The number of nitrogens with zero attached hydrogens (tertiary/aromatic N) is 2. The average Bonchev–Trinajstić information content (AvgIpc) is 2.49. The van der Waals surface area contributed by atoms with Crippen molar-refractivity contribution in [3.63, 3.8) is 0 Å². The summed E-state index contributed by atoms with van der Waals surface area (Å²) >= 11 is 0. The minimum Gasteiger partial charge on any atom is -0.508 e. The van der Waals surface area contributed by atoms with Gasteiger partial charge in [-0.05, 0) is 44.9 Å². The van der Waals surface area contributed by atoms with Crippen LogP contribution >= 0.6 is 0 Å². The summed E-state index contributed by atoms with van der Waals surface area (Å²) in [5, 5.41) is 9.93. The van der Waals surface area contributed by atoms with Gasteiger partial charge in [-0.25, -0.2) is 4.79 Å². The molecule has 118 valence electrons. The molecular formula is C16H21N3O3. The van der Waals surface area contributed by atoms with Gasteiger partial charge in [0.05, 0.1) is 10.9 Å². The minimum absolute atomic E-state index is 0.0258. The zero-order chi connectivity index (χ0) is 15.9. The summed E-state index contributed by atoms with van der Waals surface area (Å²) in [6.07, 6.45) is 1.57. The molecule has 0 atom stereocenters. The molecule has 1 fully saturated rings. The van der Waals surface area contributed by atoms with Gasteiger partial charge >= 0.3 is 5.69 Å². The Morgan fingerprint density at radius 1 is 1.23 bits per heavy atom. The molecule has 2 heterocycles. The van der Waals surface area contributed by atoms with Gasteiger partial charge in [-0.2, -0.15) is 0 Å². The van der Waals surface area contributed by atoms with Crippen LogP contribution < -0.4 is 11.2 Å². The molecule has 0 radical (unpaired) electrons. The number of likely N-dealkylation sites (tertiary alicyclic amines) is 1. The highest BCUT2D eigenvalue weighted by Crippen LogP contribution is 2.22. The second kappa shape index (κ2) is 5.61. The fraction of sp³-hybridized carbons (Fsp3) is 0.500. The molecule has 2 aromatic rings. The number of H-pyrrole nitrogens is 1. The maximum absolute atomic E-state index is 12.6. The number of aromatic nitrogens is 2. The zero-order valence-electron chi connectivity index (χ0n) is 12.9. The third kappa shape index (κ3) is 2.54. The summed E-state index contributed by atoms with van der Waals surface area (Å²) in [7, 11) is 0. The molecule has 0 spiro atoms. The van der Waals surface area contributed by atoms with Crippen molar-refractivity contribution < 1.29 is 5.11 Å². The number of phenols is 1. The number of rotatable bonds is 2. The molecular weight excluding hydrogens is 282 g/mol. The largest absolute Gasteiger partial charge is 0.508 e. The molecule has 1 aromatic heterocycles. The van der Waals surface area contributed by atoms with Gasteiger partial charge in [0.25, 0.3) is 5.56 Å². The van der Waals surface area contributed by atoms with E-state index in [1.165, 1.54) is 16.7 Å². The molecule has 6 nitrogen and oxygen atoms in total. The van der Waals surface area contributed by atoms with Gasteiger partial charge < -0.3 is 15.0 Å². The van der Waals surface area contributed by atoms with Crippen LogP contribution in [0.25, 0.3) is 10.9 Å². The van der Waals surface area contributed by atoms with E-state index in [0.29, 0.717) is 16.9 Å². The van der Waals surface area contributed by atoms with Gasteiger partial charge in [0.1, 0.15) is 5.75 Å². The standard InChI is InChI=1S/C16H21N3O3/c1-10(2)18-7-5-11(6-8-18)19-15(21)13-9-12(20)3-4-14(13)17-16(19)22/h3-4,9-11,20H,5-8H2,1-2H3,(H,17,22). The van der Waals surface area contributed by atoms with Crippen LogP contribution in [0.1, 0.15) is 32.7 Å². The first-order valence-corrected chi connectivity index (χ1v) is 7.69. The molecule has 0 bridgehead atoms. The molecule has 22 heavy (non-hydrogen) atoms. The van der Waals surface area contributed by atoms with E-state index in [9.17, 15) is 14.7 Å². The number of fused-ring (bicyclic) bond motifs is 1. The van der Waals surface area contributed by atoms with Crippen molar-refractivity contribution in [2.45, 2.75) is 38.8 Å². The van der Waals surface area contributed by atoms with Crippen LogP contribution in [-0.4, -0.2) is 38.7 Å². The highest BCUT2D eigenvalue weighted by molar-refractivity contribution is 5.78. The SMILES string of the molecule is CC(C)N1CCC(n2c(=O)[nH]c3ccc(O)cc3c2=O)CC1. The molecule has 1 aliphatic heterocycles. The Bertz CT molecular complexity index is 798. The van der Waals surface area contributed by atoms with Crippen molar-refractivity contribution in [1.29, 1.82) is 0 Å². The van der Waals surface area contributed by atoms with Crippen LogP contribution in [0.5, 0.6) is 5.75 Å². The van der Waals surface area contributed by atoms with Crippen LogP contribution in [0.15, 0.2) is 27.8 Å². The van der Waals surface area contributed by atoms with E-state index in [2.05, 4.69) is 23.7 Å². The lowest BCUT2D eigenvalue weighted by molar-refractivity contribution is 0.149. The Kier molecular flexibility index (Phi) is 3.78. The van der Waals surface area contributed by atoms with Crippen molar-refractivity contribution >= 4 is 10.9 Å². The third-order valence-corrected chi connectivity index (χ3v) is 4.51. The predicted molar refractivity (Wildman–Crippen MR) is 85.5 cm³/mol. The number of benzene rings is 1. The maximum Gasteiger partial charge on any atom is 0.329 e. The second-order valence-corrected chi connectivity index (χ2v) is 6.20. The number of nitrogens with one attached hydrogen (secondary N) is 1.